The van der Waals surface area contributed by atoms with Crippen LogP contribution in [-0.4, -0.2) is 17.7 Å². The molecule has 1 unspecified atom stereocenters. The fourth-order valence-electron chi connectivity index (χ4n) is 2.00. The molecule has 0 amide bonds. The quantitative estimate of drug-likeness (QED) is 0.738. The molecule has 2 heteroatoms. The van der Waals surface area contributed by atoms with Crippen molar-refractivity contribution >= 4 is 0 Å². The van der Waals surface area contributed by atoms with Crippen molar-refractivity contribution in [2.24, 2.45) is 5.41 Å². The number of aromatic hydroxyl groups is 1. The first-order valence-corrected chi connectivity index (χ1v) is 6.26. The number of phenols is 1. The van der Waals surface area contributed by atoms with Gasteiger partial charge in [-0.1, -0.05) is 25.1 Å². The van der Waals surface area contributed by atoms with Crippen LogP contribution in [0.3, 0.4) is 0 Å². The zero-order chi connectivity index (χ0) is 12.3. The van der Waals surface area contributed by atoms with E-state index in [0.29, 0.717) is 5.75 Å². The lowest BCUT2D eigenvalue weighted by Gasteiger charge is -2.26. The Morgan fingerprint density at radius 2 is 2.29 bits per heavy atom. The first-order valence-electron chi connectivity index (χ1n) is 6.26. The second-order valence-electron chi connectivity index (χ2n) is 5.36. The van der Waals surface area contributed by atoms with Crippen LogP contribution in [0.4, 0.5) is 0 Å². The van der Waals surface area contributed by atoms with Crippen LogP contribution >= 0.6 is 0 Å². The Hall–Kier alpha value is -1.28. The van der Waals surface area contributed by atoms with E-state index in [0.717, 1.165) is 24.6 Å². The lowest BCUT2D eigenvalue weighted by molar-refractivity contribution is 0.388. The number of benzene rings is 1. The molecule has 1 aliphatic rings. The molecule has 1 atom stereocenters. The van der Waals surface area contributed by atoms with Gasteiger partial charge in [0.15, 0.2) is 0 Å². The molecule has 2 N–H and O–H groups in total. The molecule has 2 nitrogen and oxygen atoms in total. The SMILES string of the molecule is C=CC(C)(CNC1CC1)Cc1cccc(O)c1. The lowest BCUT2D eigenvalue weighted by Crippen LogP contribution is -2.33. The van der Waals surface area contributed by atoms with Crippen LogP contribution in [0.1, 0.15) is 25.3 Å². The van der Waals surface area contributed by atoms with E-state index in [1.165, 1.54) is 12.8 Å². The number of phenolic OH excluding ortho intramolecular Hbond substituents is 1. The standard InChI is InChI=1S/C15H21NO/c1-3-15(2,11-16-13-7-8-13)10-12-5-4-6-14(17)9-12/h3-6,9,13,16-17H,1,7-8,10-11H2,2H3. The number of hydrogen-bond donors (Lipinski definition) is 2. The normalized spacial score (nSPS) is 18.6. The monoisotopic (exact) mass is 231 g/mol. The molecule has 2 rings (SSSR count). The second kappa shape index (κ2) is 4.92. The summed E-state index contributed by atoms with van der Waals surface area (Å²) in [5, 5.41) is 13.0. The van der Waals surface area contributed by atoms with Gasteiger partial charge in [-0.15, -0.1) is 6.58 Å². The molecule has 0 aromatic heterocycles. The summed E-state index contributed by atoms with van der Waals surface area (Å²) in [6.07, 6.45) is 5.54. The highest BCUT2D eigenvalue weighted by Gasteiger charge is 2.26. The molecule has 1 aliphatic carbocycles. The predicted octanol–water partition coefficient (Wildman–Crippen LogP) is 2.88. The largest absolute Gasteiger partial charge is 0.508 e. The maximum atomic E-state index is 9.47. The van der Waals surface area contributed by atoms with Gasteiger partial charge in [0, 0.05) is 18.0 Å². The Balaban J connectivity index is 1.99. The van der Waals surface area contributed by atoms with Crippen LogP contribution in [0.25, 0.3) is 0 Å². The van der Waals surface area contributed by atoms with Crippen LogP contribution in [0.5, 0.6) is 5.75 Å². The molecule has 0 spiro atoms. The molecular weight excluding hydrogens is 210 g/mol. The fraction of sp³-hybridized carbons (Fsp3) is 0.467. The second-order valence-corrected chi connectivity index (χ2v) is 5.36. The topological polar surface area (TPSA) is 32.3 Å². The minimum atomic E-state index is 0.0520. The Labute approximate surface area is 103 Å². The van der Waals surface area contributed by atoms with Crippen LogP contribution in [0.2, 0.25) is 0 Å². The first kappa shape index (κ1) is 12.2. The van der Waals surface area contributed by atoms with E-state index in [4.69, 9.17) is 0 Å². The molecule has 17 heavy (non-hydrogen) atoms. The maximum absolute atomic E-state index is 9.47. The summed E-state index contributed by atoms with van der Waals surface area (Å²) in [7, 11) is 0. The van der Waals surface area contributed by atoms with Gasteiger partial charge < -0.3 is 10.4 Å². The van der Waals surface area contributed by atoms with Gasteiger partial charge in [0.1, 0.15) is 5.75 Å². The maximum Gasteiger partial charge on any atom is 0.115 e. The highest BCUT2D eigenvalue weighted by atomic mass is 16.3. The first-order chi connectivity index (χ1) is 8.11. The average molecular weight is 231 g/mol. The van der Waals surface area contributed by atoms with Gasteiger partial charge in [-0.2, -0.15) is 0 Å². The van der Waals surface area contributed by atoms with Crippen molar-refractivity contribution in [3.8, 4) is 5.75 Å². The Bertz CT molecular complexity index is 398. The minimum Gasteiger partial charge on any atom is -0.508 e. The summed E-state index contributed by atoms with van der Waals surface area (Å²) >= 11 is 0. The van der Waals surface area contributed by atoms with Crippen LogP contribution < -0.4 is 5.32 Å². The fourth-order valence-corrected chi connectivity index (χ4v) is 2.00. The Morgan fingerprint density at radius 3 is 2.88 bits per heavy atom. The molecule has 92 valence electrons. The van der Waals surface area contributed by atoms with Gasteiger partial charge in [-0.25, -0.2) is 0 Å². The van der Waals surface area contributed by atoms with E-state index in [9.17, 15) is 5.11 Å². The molecule has 1 aromatic rings. The zero-order valence-corrected chi connectivity index (χ0v) is 10.4. The third-order valence-electron chi connectivity index (χ3n) is 3.38. The minimum absolute atomic E-state index is 0.0520. The van der Waals surface area contributed by atoms with Crippen LogP contribution in [-0.2, 0) is 6.42 Å². The van der Waals surface area contributed by atoms with E-state index in [2.05, 4.69) is 24.9 Å². The lowest BCUT2D eigenvalue weighted by atomic mass is 9.83. The highest BCUT2D eigenvalue weighted by Crippen LogP contribution is 2.27. The van der Waals surface area contributed by atoms with Crippen molar-refractivity contribution in [2.45, 2.75) is 32.2 Å². The summed E-state index contributed by atoms with van der Waals surface area (Å²) in [6.45, 7) is 7.11. The van der Waals surface area contributed by atoms with Crippen molar-refractivity contribution in [1.82, 2.24) is 5.32 Å². The van der Waals surface area contributed by atoms with Gasteiger partial charge in [-0.05, 0) is 37.0 Å². The molecule has 0 bridgehead atoms. The van der Waals surface area contributed by atoms with E-state index in [1.807, 2.05) is 18.2 Å². The smallest absolute Gasteiger partial charge is 0.115 e. The number of nitrogens with one attached hydrogen (secondary N) is 1. The molecule has 0 radical (unpaired) electrons. The van der Waals surface area contributed by atoms with Gasteiger partial charge in [0.2, 0.25) is 0 Å². The van der Waals surface area contributed by atoms with Crippen molar-refractivity contribution in [1.29, 1.82) is 0 Å². The molecule has 1 saturated carbocycles. The van der Waals surface area contributed by atoms with E-state index in [-0.39, 0.29) is 5.41 Å². The van der Waals surface area contributed by atoms with Crippen molar-refractivity contribution in [3.05, 3.63) is 42.5 Å². The summed E-state index contributed by atoms with van der Waals surface area (Å²) in [5.74, 6) is 0.337. The zero-order valence-electron chi connectivity index (χ0n) is 10.4. The third-order valence-corrected chi connectivity index (χ3v) is 3.38. The third kappa shape index (κ3) is 3.60. The Kier molecular flexibility index (Phi) is 3.53. The van der Waals surface area contributed by atoms with Crippen molar-refractivity contribution < 1.29 is 5.11 Å². The molecule has 0 saturated heterocycles. The summed E-state index contributed by atoms with van der Waals surface area (Å²) in [5.41, 5.74) is 1.21. The van der Waals surface area contributed by atoms with E-state index < -0.39 is 0 Å². The van der Waals surface area contributed by atoms with Crippen molar-refractivity contribution in [3.63, 3.8) is 0 Å². The molecular formula is C15H21NO. The molecule has 0 aliphatic heterocycles. The Morgan fingerprint density at radius 1 is 1.53 bits per heavy atom. The van der Waals surface area contributed by atoms with Crippen LogP contribution in [0, 0.1) is 5.41 Å². The van der Waals surface area contributed by atoms with Crippen molar-refractivity contribution in [2.75, 3.05) is 6.54 Å². The number of rotatable bonds is 6. The summed E-state index contributed by atoms with van der Waals surface area (Å²) in [4.78, 5) is 0. The van der Waals surface area contributed by atoms with Gasteiger partial charge in [-0.3, -0.25) is 0 Å². The summed E-state index contributed by atoms with van der Waals surface area (Å²) in [6, 6.07) is 8.20. The van der Waals surface area contributed by atoms with Crippen LogP contribution in [0.15, 0.2) is 36.9 Å². The molecule has 1 aromatic carbocycles. The highest BCUT2D eigenvalue weighted by molar-refractivity contribution is 5.28. The summed E-state index contributed by atoms with van der Waals surface area (Å²) < 4.78 is 0. The molecule has 1 fully saturated rings. The van der Waals surface area contributed by atoms with Gasteiger partial charge >= 0.3 is 0 Å². The molecule has 0 heterocycles. The average Bonchev–Trinajstić information content (AvgIpc) is 3.10. The van der Waals surface area contributed by atoms with E-state index >= 15 is 0 Å². The number of hydrogen-bond acceptors (Lipinski definition) is 2. The predicted molar refractivity (Wildman–Crippen MR) is 71.1 cm³/mol. The van der Waals surface area contributed by atoms with Gasteiger partial charge in [0.05, 0.1) is 0 Å². The van der Waals surface area contributed by atoms with E-state index in [1.54, 1.807) is 6.07 Å². The van der Waals surface area contributed by atoms with Gasteiger partial charge in [0.25, 0.3) is 0 Å².